The zero-order valence-corrected chi connectivity index (χ0v) is 10.6. The van der Waals surface area contributed by atoms with E-state index in [9.17, 15) is 0 Å². The van der Waals surface area contributed by atoms with Crippen molar-refractivity contribution in [3.8, 4) is 0 Å². The molecule has 0 unspecified atom stereocenters. The first-order chi connectivity index (χ1) is 7.81. The van der Waals surface area contributed by atoms with Gasteiger partial charge in [0.15, 0.2) is 0 Å². The molecule has 3 rings (SSSR count). The molecule has 0 saturated carbocycles. The number of nitrogens with one attached hydrogen (secondary N) is 1. The van der Waals surface area contributed by atoms with Crippen molar-refractivity contribution in [2.75, 3.05) is 19.6 Å². The van der Waals surface area contributed by atoms with E-state index < -0.39 is 0 Å². The van der Waals surface area contributed by atoms with Gasteiger partial charge in [0, 0.05) is 31.1 Å². The molecule has 2 atom stereocenters. The summed E-state index contributed by atoms with van der Waals surface area (Å²) in [5, 5.41) is 7.03. The Balaban J connectivity index is 1.61. The molecule has 3 nitrogen and oxygen atoms in total. The van der Waals surface area contributed by atoms with Crippen LogP contribution in [0.5, 0.6) is 0 Å². The van der Waals surface area contributed by atoms with Crippen molar-refractivity contribution in [3.63, 3.8) is 0 Å². The molecule has 1 aromatic heterocycles. The van der Waals surface area contributed by atoms with Gasteiger partial charge in [-0.05, 0) is 32.2 Å². The van der Waals surface area contributed by atoms with E-state index in [1.165, 1.54) is 43.2 Å². The predicted octanol–water partition coefficient (Wildman–Crippen LogP) is 1.64. The highest BCUT2D eigenvalue weighted by atomic mass is 32.1. The average molecular weight is 237 g/mol. The van der Waals surface area contributed by atoms with Gasteiger partial charge in [-0.3, -0.25) is 4.90 Å². The maximum atomic E-state index is 4.55. The van der Waals surface area contributed by atoms with Crippen LogP contribution in [-0.4, -0.2) is 35.6 Å². The highest BCUT2D eigenvalue weighted by molar-refractivity contribution is 7.09. The van der Waals surface area contributed by atoms with Crippen molar-refractivity contribution in [2.45, 2.75) is 32.4 Å². The van der Waals surface area contributed by atoms with E-state index in [0.717, 1.165) is 18.5 Å². The third kappa shape index (κ3) is 2.14. The lowest BCUT2D eigenvalue weighted by Gasteiger charge is -2.24. The second-order valence-electron chi connectivity index (χ2n) is 5.01. The van der Waals surface area contributed by atoms with E-state index in [4.69, 9.17) is 0 Å². The highest BCUT2D eigenvalue weighted by Gasteiger charge is 2.34. The van der Waals surface area contributed by atoms with Crippen LogP contribution in [0.25, 0.3) is 0 Å². The largest absolute Gasteiger partial charge is 0.312 e. The topological polar surface area (TPSA) is 28.2 Å². The Hall–Kier alpha value is -0.450. The summed E-state index contributed by atoms with van der Waals surface area (Å²) < 4.78 is 0. The molecule has 2 fully saturated rings. The van der Waals surface area contributed by atoms with Crippen LogP contribution in [-0.2, 0) is 6.54 Å². The smallest absolute Gasteiger partial charge is 0.0897 e. The number of thiazole rings is 1. The number of rotatable bonds is 2. The highest BCUT2D eigenvalue weighted by Crippen LogP contribution is 2.26. The minimum Gasteiger partial charge on any atom is -0.312 e. The molecule has 3 heterocycles. The lowest BCUT2D eigenvalue weighted by atomic mass is 9.94. The molecule has 0 radical (unpaired) electrons. The van der Waals surface area contributed by atoms with Crippen LogP contribution in [0.3, 0.4) is 0 Å². The molecule has 88 valence electrons. The minimum atomic E-state index is 0.744. The molecule has 16 heavy (non-hydrogen) atoms. The lowest BCUT2D eigenvalue weighted by molar-refractivity contribution is 0.310. The lowest BCUT2D eigenvalue weighted by Crippen LogP contribution is -2.40. The number of piperidine rings is 1. The van der Waals surface area contributed by atoms with Crippen molar-refractivity contribution in [2.24, 2.45) is 5.92 Å². The van der Waals surface area contributed by atoms with Crippen molar-refractivity contribution < 1.29 is 0 Å². The first kappa shape index (κ1) is 10.7. The zero-order valence-electron chi connectivity index (χ0n) is 9.78. The Morgan fingerprint density at radius 2 is 2.50 bits per heavy atom. The summed E-state index contributed by atoms with van der Waals surface area (Å²) in [4.78, 5) is 7.11. The number of nitrogens with zero attached hydrogens (tertiary/aromatic N) is 2. The molecule has 1 aromatic rings. The van der Waals surface area contributed by atoms with Crippen LogP contribution >= 0.6 is 11.3 Å². The van der Waals surface area contributed by atoms with Crippen molar-refractivity contribution in [1.82, 2.24) is 15.2 Å². The fourth-order valence-electron chi connectivity index (χ4n) is 2.98. The summed E-state index contributed by atoms with van der Waals surface area (Å²) >= 11 is 1.76. The maximum Gasteiger partial charge on any atom is 0.0897 e. The van der Waals surface area contributed by atoms with E-state index in [1.807, 2.05) is 0 Å². The van der Waals surface area contributed by atoms with Crippen LogP contribution in [0, 0.1) is 12.8 Å². The molecule has 0 aliphatic carbocycles. The van der Waals surface area contributed by atoms with E-state index >= 15 is 0 Å². The summed E-state index contributed by atoms with van der Waals surface area (Å²) in [5.41, 5.74) is 1.25. The van der Waals surface area contributed by atoms with Crippen LogP contribution < -0.4 is 5.32 Å². The van der Waals surface area contributed by atoms with Gasteiger partial charge in [0.25, 0.3) is 0 Å². The van der Waals surface area contributed by atoms with Gasteiger partial charge in [-0.1, -0.05) is 0 Å². The average Bonchev–Trinajstić information content (AvgIpc) is 2.84. The molecule has 0 aromatic carbocycles. The third-order valence-corrected chi connectivity index (χ3v) is 4.55. The Bertz CT molecular complexity index is 349. The summed E-state index contributed by atoms with van der Waals surface area (Å²) in [5.74, 6) is 0.883. The van der Waals surface area contributed by atoms with Gasteiger partial charge in [-0.2, -0.15) is 0 Å². The number of likely N-dealkylation sites (tertiary alicyclic amines) is 1. The fourth-order valence-corrected chi connectivity index (χ4v) is 3.58. The number of aryl methyl sites for hydroxylation is 1. The predicted molar refractivity (Wildman–Crippen MR) is 66.6 cm³/mol. The second kappa shape index (κ2) is 4.43. The van der Waals surface area contributed by atoms with Crippen LogP contribution in [0.15, 0.2) is 5.38 Å². The Kier molecular flexibility index (Phi) is 2.96. The van der Waals surface area contributed by atoms with Gasteiger partial charge in [0.2, 0.25) is 0 Å². The standard InChI is InChI=1S/C12H19N3S/c1-9-14-11(8-16-9)6-15-5-10-3-2-4-13-12(10)7-15/h8,10,12-13H,2-7H2,1H3/t10-,12+/m0/s1. The Morgan fingerprint density at radius 3 is 3.25 bits per heavy atom. The maximum absolute atomic E-state index is 4.55. The second-order valence-corrected chi connectivity index (χ2v) is 6.08. The summed E-state index contributed by atoms with van der Waals surface area (Å²) in [7, 11) is 0. The van der Waals surface area contributed by atoms with E-state index in [2.05, 4.69) is 27.5 Å². The number of hydrogen-bond donors (Lipinski definition) is 1. The SMILES string of the molecule is Cc1nc(CN2C[C@@H]3CCCN[C@@H]3C2)cs1. The normalized spacial score (nSPS) is 30.6. The number of hydrogen-bond acceptors (Lipinski definition) is 4. The summed E-state index contributed by atoms with van der Waals surface area (Å²) in [6.45, 7) is 6.80. The Labute approximate surface area is 101 Å². The molecule has 2 aliphatic rings. The van der Waals surface area contributed by atoms with E-state index in [1.54, 1.807) is 11.3 Å². The molecule has 0 spiro atoms. The molecule has 0 bridgehead atoms. The van der Waals surface area contributed by atoms with E-state index in [0.29, 0.717) is 0 Å². The minimum absolute atomic E-state index is 0.744. The van der Waals surface area contributed by atoms with Gasteiger partial charge in [-0.15, -0.1) is 11.3 Å². The van der Waals surface area contributed by atoms with Gasteiger partial charge in [0.05, 0.1) is 10.7 Å². The van der Waals surface area contributed by atoms with Crippen LogP contribution in [0.2, 0.25) is 0 Å². The molecule has 1 N–H and O–H groups in total. The quantitative estimate of drug-likeness (QED) is 0.847. The van der Waals surface area contributed by atoms with Crippen molar-refractivity contribution in [1.29, 1.82) is 0 Å². The summed E-state index contributed by atoms with van der Waals surface area (Å²) in [6, 6.07) is 0.744. The van der Waals surface area contributed by atoms with Crippen LogP contribution in [0.1, 0.15) is 23.5 Å². The molecule has 2 aliphatic heterocycles. The molecular weight excluding hydrogens is 218 g/mol. The van der Waals surface area contributed by atoms with Crippen molar-refractivity contribution in [3.05, 3.63) is 16.1 Å². The van der Waals surface area contributed by atoms with Gasteiger partial charge in [0.1, 0.15) is 0 Å². The Morgan fingerprint density at radius 1 is 1.56 bits per heavy atom. The zero-order chi connectivity index (χ0) is 11.0. The third-order valence-electron chi connectivity index (χ3n) is 3.73. The van der Waals surface area contributed by atoms with Gasteiger partial charge >= 0.3 is 0 Å². The monoisotopic (exact) mass is 237 g/mol. The molecule has 4 heteroatoms. The first-order valence-electron chi connectivity index (χ1n) is 6.18. The van der Waals surface area contributed by atoms with Crippen LogP contribution in [0.4, 0.5) is 0 Å². The fraction of sp³-hybridized carbons (Fsp3) is 0.750. The first-order valence-corrected chi connectivity index (χ1v) is 7.06. The molecular formula is C12H19N3S. The van der Waals surface area contributed by atoms with Gasteiger partial charge < -0.3 is 5.32 Å². The number of fused-ring (bicyclic) bond motifs is 1. The molecule has 0 amide bonds. The van der Waals surface area contributed by atoms with E-state index in [-0.39, 0.29) is 0 Å². The molecule has 2 saturated heterocycles. The van der Waals surface area contributed by atoms with Crippen molar-refractivity contribution >= 4 is 11.3 Å². The summed E-state index contributed by atoms with van der Waals surface area (Å²) in [6.07, 6.45) is 2.76. The number of aromatic nitrogens is 1. The van der Waals surface area contributed by atoms with Gasteiger partial charge in [-0.25, -0.2) is 4.98 Å².